The molecule has 0 fully saturated rings. The zero-order valence-corrected chi connectivity index (χ0v) is 20.9. The summed E-state index contributed by atoms with van der Waals surface area (Å²) >= 11 is 0. The molecule has 0 saturated carbocycles. The molecule has 220 valence electrons. The van der Waals surface area contributed by atoms with Crippen molar-refractivity contribution in [3.63, 3.8) is 0 Å². The summed E-state index contributed by atoms with van der Waals surface area (Å²) in [7, 11) is -5.63. The number of halogens is 16. The van der Waals surface area contributed by atoms with Crippen LogP contribution in [0.1, 0.15) is 10.4 Å². The smallest absolute Gasteiger partial charge is 0.744 e. The van der Waals surface area contributed by atoms with E-state index in [9.17, 15) is 88.0 Å². The van der Waals surface area contributed by atoms with Crippen LogP contribution in [0.15, 0.2) is 29.2 Å². The maximum absolute atomic E-state index is 13.8. The van der Waals surface area contributed by atoms with E-state index in [1.165, 1.54) is 0 Å². The largest absolute Gasteiger partial charge is 1.00 e. The molecule has 5 nitrogen and oxygen atoms in total. The Labute approximate surface area is 227 Å². The fourth-order valence-corrected chi connectivity index (χ4v) is 3.01. The third-order valence-electron chi connectivity index (χ3n) is 4.49. The van der Waals surface area contributed by atoms with Crippen LogP contribution in [0, 0.1) is 0 Å². The molecule has 1 aromatic carbocycles. The summed E-state index contributed by atoms with van der Waals surface area (Å²) in [5.41, 5.74) is -1.51. The van der Waals surface area contributed by atoms with Crippen molar-refractivity contribution in [1.29, 1.82) is 0 Å². The van der Waals surface area contributed by atoms with Crippen molar-refractivity contribution >= 4 is 16.1 Å². The van der Waals surface area contributed by atoms with Crippen LogP contribution in [-0.4, -0.2) is 73.4 Å². The number of benzene rings is 1. The van der Waals surface area contributed by atoms with E-state index in [1.54, 1.807) is 0 Å². The number of hydrogen-bond donors (Lipinski definition) is 0. The second-order valence-electron chi connectivity index (χ2n) is 7.03. The van der Waals surface area contributed by atoms with Crippen LogP contribution in [0.4, 0.5) is 70.2 Å². The molecule has 23 heteroatoms. The van der Waals surface area contributed by atoms with Crippen LogP contribution in [0.3, 0.4) is 0 Å². The average Bonchev–Trinajstić information content (AvgIpc) is 2.75. The van der Waals surface area contributed by atoms with Crippen LogP contribution < -0.4 is 29.6 Å². The Morgan fingerprint density at radius 3 is 1.54 bits per heavy atom. The van der Waals surface area contributed by atoms with Crippen LogP contribution in [0.25, 0.3) is 0 Å². The Hall–Kier alpha value is -1.52. The number of carbonyl (C=O) groups is 1. The minimum absolute atomic E-state index is 0. The fourth-order valence-electron chi connectivity index (χ4n) is 2.35. The summed E-state index contributed by atoms with van der Waals surface area (Å²) in [6, 6.07) is 2.06. The number of hydrogen-bond acceptors (Lipinski definition) is 5. The monoisotopic (exact) mass is 638 g/mol. The Morgan fingerprint density at radius 1 is 0.744 bits per heavy atom. The van der Waals surface area contributed by atoms with Crippen molar-refractivity contribution in [3.8, 4) is 0 Å². The van der Waals surface area contributed by atoms with E-state index in [2.05, 4.69) is 4.74 Å². The molecule has 0 amide bonds. The second-order valence-corrected chi connectivity index (χ2v) is 8.37. The summed E-state index contributed by atoms with van der Waals surface area (Å²) in [6.45, 7) is -3.52. The maximum Gasteiger partial charge on any atom is 1.00 e. The molecule has 0 aliphatic rings. The van der Waals surface area contributed by atoms with Crippen molar-refractivity contribution in [2.75, 3.05) is 6.61 Å². The average molecular weight is 638 g/mol. The first-order chi connectivity index (χ1) is 16.6. The third kappa shape index (κ3) is 5.94. The van der Waals surface area contributed by atoms with Gasteiger partial charge in [-0.3, -0.25) is 0 Å². The van der Waals surface area contributed by atoms with Gasteiger partial charge in [0.2, 0.25) is 0 Å². The van der Waals surface area contributed by atoms with Gasteiger partial charge in [-0.05, 0) is 12.1 Å². The van der Waals surface area contributed by atoms with Gasteiger partial charge in [-0.25, -0.2) is 22.0 Å². The molecule has 0 N–H and O–H groups in total. The number of carbonyl (C=O) groups excluding carboxylic acids is 1. The molecule has 0 saturated heterocycles. The van der Waals surface area contributed by atoms with E-state index in [0.29, 0.717) is 18.2 Å². The fraction of sp³-hybridized carbons (Fsp3) is 0.562. The molecule has 0 atom stereocenters. The Bertz CT molecular complexity index is 1150. The van der Waals surface area contributed by atoms with Gasteiger partial charge in [-0.15, -0.1) is 0 Å². The molecule has 0 aliphatic carbocycles. The summed E-state index contributed by atoms with van der Waals surface area (Å²) < 4.78 is 248. The second kappa shape index (κ2) is 11.0. The number of ether oxygens (including phenoxy) is 1. The molecule has 0 heterocycles. The van der Waals surface area contributed by atoms with Gasteiger partial charge in [0.1, 0.15) is 10.1 Å². The van der Waals surface area contributed by atoms with Gasteiger partial charge in [0.15, 0.2) is 6.61 Å². The standard InChI is InChI=1S/C16H8F16O5S.Na/c17-9(18)11(21,22)13(25,26)15(29,30)16(31,32)14(27,28)12(23,24)10(19,20)5-37-8(33)6-3-1-2-4-7(6)38(34,35)36;/h1-4,9H,5H2,(H,34,35,36);/q;+1/p-1. The quantitative estimate of drug-likeness (QED) is 0.161. The summed E-state index contributed by atoms with van der Waals surface area (Å²) in [5, 5.41) is 0. The number of alkyl halides is 16. The molecule has 0 unspecified atom stereocenters. The minimum Gasteiger partial charge on any atom is -0.744 e. The molecule has 0 aromatic heterocycles. The molecule has 0 radical (unpaired) electrons. The van der Waals surface area contributed by atoms with Crippen LogP contribution >= 0.6 is 0 Å². The maximum atomic E-state index is 13.8. The van der Waals surface area contributed by atoms with Gasteiger partial charge in [0.05, 0.1) is 10.5 Å². The zero-order chi connectivity index (χ0) is 30.6. The van der Waals surface area contributed by atoms with Crippen LogP contribution in [0.5, 0.6) is 0 Å². The van der Waals surface area contributed by atoms with Crippen molar-refractivity contribution < 1.29 is 122 Å². The van der Waals surface area contributed by atoms with Gasteiger partial charge in [0.25, 0.3) is 0 Å². The topological polar surface area (TPSA) is 83.5 Å². The van der Waals surface area contributed by atoms with E-state index >= 15 is 0 Å². The molecule has 0 bridgehead atoms. The minimum atomic E-state index is -8.62. The molecular weight excluding hydrogens is 631 g/mol. The van der Waals surface area contributed by atoms with Gasteiger partial charge in [-0.2, -0.15) is 61.5 Å². The van der Waals surface area contributed by atoms with E-state index in [1.807, 2.05) is 0 Å². The molecule has 0 spiro atoms. The van der Waals surface area contributed by atoms with Crippen LogP contribution in [-0.2, 0) is 14.9 Å². The Morgan fingerprint density at radius 2 is 1.13 bits per heavy atom. The van der Waals surface area contributed by atoms with Crippen molar-refractivity contribution in [2.24, 2.45) is 0 Å². The van der Waals surface area contributed by atoms with Gasteiger partial charge in [0, 0.05) is 0 Å². The van der Waals surface area contributed by atoms with Gasteiger partial charge >= 0.3 is 83.4 Å². The number of esters is 1. The van der Waals surface area contributed by atoms with Crippen molar-refractivity contribution in [3.05, 3.63) is 29.8 Å². The predicted octanol–water partition coefficient (Wildman–Crippen LogP) is 2.46. The van der Waals surface area contributed by atoms with E-state index in [4.69, 9.17) is 0 Å². The molecule has 1 rings (SSSR count). The summed E-state index contributed by atoms with van der Waals surface area (Å²) in [6.07, 6.45) is -5.98. The Balaban J connectivity index is 0.0000144. The van der Waals surface area contributed by atoms with Gasteiger partial charge in [-0.1, -0.05) is 12.1 Å². The normalized spacial score (nSPS) is 14.7. The van der Waals surface area contributed by atoms with Crippen LogP contribution in [0.2, 0.25) is 0 Å². The van der Waals surface area contributed by atoms with Crippen molar-refractivity contribution in [1.82, 2.24) is 0 Å². The van der Waals surface area contributed by atoms with E-state index in [-0.39, 0.29) is 29.6 Å². The molecule has 0 aliphatic heterocycles. The first-order valence-electron chi connectivity index (χ1n) is 8.70. The van der Waals surface area contributed by atoms with Gasteiger partial charge < -0.3 is 9.29 Å². The van der Waals surface area contributed by atoms with E-state index < -0.39 is 81.0 Å². The zero-order valence-electron chi connectivity index (χ0n) is 18.1. The summed E-state index contributed by atoms with van der Waals surface area (Å²) in [5.74, 6) is -58.9. The SMILES string of the molecule is O=C(OCC(F)(F)C(F)(F)C(F)(F)C(F)(F)C(F)(F)C(F)(F)C(F)(F)C(F)F)c1ccccc1S(=O)(=O)[O-].[Na+]. The summed E-state index contributed by atoms with van der Waals surface area (Å²) in [4.78, 5) is 10.1. The number of rotatable bonds is 11. The van der Waals surface area contributed by atoms with E-state index in [0.717, 1.165) is 6.07 Å². The Kier molecular flexibility index (Phi) is 10.6. The molecule has 39 heavy (non-hydrogen) atoms. The molecule has 1 aromatic rings. The first-order valence-corrected chi connectivity index (χ1v) is 10.1. The molecular formula is C16H7F16NaO5S. The van der Waals surface area contributed by atoms with Crippen molar-refractivity contribution in [2.45, 2.75) is 52.8 Å². The predicted molar refractivity (Wildman–Crippen MR) is 85.3 cm³/mol. The first kappa shape index (κ1) is 37.5. The third-order valence-corrected chi connectivity index (χ3v) is 5.38.